The van der Waals surface area contributed by atoms with Crippen molar-refractivity contribution < 1.29 is 4.79 Å². The van der Waals surface area contributed by atoms with Gasteiger partial charge in [0, 0.05) is 35.4 Å². The summed E-state index contributed by atoms with van der Waals surface area (Å²) < 4.78 is 1.89. The maximum absolute atomic E-state index is 12.3. The number of aromatic amines is 1. The Hall–Kier alpha value is -2.89. The van der Waals surface area contributed by atoms with E-state index < -0.39 is 0 Å². The molecule has 0 unspecified atom stereocenters. The largest absolute Gasteiger partial charge is 0.361 e. The molecule has 0 aliphatic heterocycles. The minimum Gasteiger partial charge on any atom is -0.361 e. The number of fused-ring (bicyclic) bond motifs is 2. The van der Waals surface area contributed by atoms with Gasteiger partial charge in [0.1, 0.15) is 0 Å². The van der Waals surface area contributed by atoms with Crippen LogP contribution in [0.1, 0.15) is 29.7 Å². The minimum atomic E-state index is -0.108. The highest BCUT2D eigenvalue weighted by atomic mass is 16.2. The van der Waals surface area contributed by atoms with Gasteiger partial charge in [-0.2, -0.15) is 10.2 Å². The van der Waals surface area contributed by atoms with Crippen molar-refractivity contribution in [2.24, 2.45) is 12.1 Å². The van der Waals surface area contributed by atoms with Crippen LogP contribution in [0.5, 0.6) is 0 Å². The number of hydrogen-bond donors (Lipinski definition) is 2. The molecule has 0 spiro atoms. The average Bonchev–Trinajstić information content (AvgIpc) is 3.18. The fraction of sp³-hybridized carbons (Fsp3) is 0.278. The number of rotatable bonds is 3. The molecule has 2 heterocycles. The maximum Gasteiger partial charge on any atom is 0.244 e. The Kier molecular flexibility index (Phi) is 3.65. The van der Waals surface area contributed by atoms with E-state index in [1.165, 1.54) is 5.69 Å². The zero-order valence-electron chi connectivity index (χ0n) is 13.5. The van der Waals surface area contributed by atoms with Crippen LogP contribution < -0.4 is 5.43 Å². The number of para-hydroxylation sites is 1. The number of aryl methyl sites for hydroxylation is 1. The van der Waals surface area contributed by atoms with Gasteiger partial charge in [-0.3, -0.25) is 9.48 Å². The van der Waals surface area contributed by atoms with Gasteiger partial charge in [-0.05, 0) is 30.9 Å². The lowest BCUT2D eigenvalue weighted by molar-refractivity contribution is -0.120. The molecule has 1 aliphatic carbocycles. The molecule has 2 N–H and O–H groups in total. The number of aromatic nitrogens is 3. The Labute approximate surface area is 139 Å². The van der Waals surface area contributed by atoms with E-state index in [2.05, 4.69) is 20.6 Å². The molecule has 0 fully saturated rings. The first-order valence-corrected chi connectivity index (χ1v) is 8.14. The lowest BCUT2D eigenvalue weighted by Gasteiger charge is -2.14. The predicted molar refractivity (Wildman–Crippen MR) is 92.8 cm³/mol. The number of carbonyl (C=O) groups is 1. The van der Waals surface area contributed by atoms with Crippen LogP contribution in [0.4, 0.5) is 0 Å². The molecular formula is C18H19N5O. The van der Waals surface area contributed by atoms with Crippen molar-refractivity contribution in [1.29, 1.82) is 0 Å². The Morgan fingerprint density at radius 2 is 2.25 bits per heavy atom. The second-order valence-corrected chi connectivity index (χ2v) is 6.11. The van der Waals surface area contributed by atoms with Crippen molar-refractivity contribution in [1.82, 2.24) is 20.2 Å². The van der Waals surface area contributed by atoms with E-state index in [-0.39, 0.29) is 5.91 Å². The van der Waals surface area contributed by atoms with Crippen molar-refractivity contribution in [3.05, 3.63) is 53.5 Å². The van der Waals surface area contributed by atoms with Gasteiger partial charge in [0.05, 0.1) is 18.3 Å². The first-order valence-electron chi connectivity index (χ1n) is 8.14. The molecule has 122 valence electrons. The van der Waals surface area contributed by atoms with E-state index in [4.69, 9.17) is 0 Å². The number of nitrogens with zero attached hydrogens (tertiary/aromatic N) is 3. The highest BCUT2D eigenvalue weighted by Crippen LogP contribution is 2.21. The van der Waals surface area contributed by atoms with Crippen molar-refractivity contribution >= 4 is 22.5 Å². The molecule has 1 aliphatic rings. The Bertz CT molecular complexity index is 934. The topological polar surface area (TPSA) is 75.1 Å². The standard InChI is InChI=1S/C18H19N5O/c1-23-17-8-4-7-16(14(17)11-20-23)21-22-18(24)9-12-10-19-15-6-3-2-5-13(12)15/h2-3,5-6,10-11,19H,4,7-9H2,1H3,(H,22,24). The quantitative estimate of drug-likeness (QED) is 0.726. The van der Waals surface area contributed by atoms with Gasteiger partial charge in [0.15, 0.2) is 0 Å². The summed E-state index contributed by atoms with van der Waals surface area (Å²) in [5.41, 5.74) is 7.88. The molecule has 0 atom stereocenters. The second-order valence-electron chi connectivity index (χ2n) is 6.11. The fourth-order valence-electron chi connectivity index (χ4n) is 3.29. The molecule has 0 saturated heterocycles. The SMILES string of the molecule is Cn1ncc2c1CCCC2=NNC(=O)Cc1c[nH]c2ccccc12. The molecule has 6 heteroatoms. The molecule has 0 radical (unpaired) electrons. The highest BCUT2D eigenvalue weighted by molar-refractivity contribution is 6.02. The Balaban J connectivity index is 1.49. The molecule has 24 heavy (non-hydrogen) atoms. The van der Waals surface area contributed by atoms with Gasteiger partial charge < -0.3 is 4.98 Å². The van der Waals surface area contributed by atoms with Crippen LogP contribution in [0.3, 0.4) is 0 Å². The summed E-state index contributed by atoms with van der Waals surface area (Å²) in [6.07, 6.45) is 6.93. The van der Waals surface area contributed by atoms with E-state index in [9.17, 15) is 4.79 Å². The number of hydrogen-bond acceptors (Lipinski definition) is 3. The zero-order chi connectivity index (χ0) is 16.5. The Morgan fingerprint density at radius 3 is 3.17 bits per heavy atom. The first kappa shape index (κ1) is 14.7. The maximum atomic E-state index is 12.3. The number of benzene rings is 1. The normalized spacial score (nSPS) is 15.6. The van der Waals surface area contributed by atoms with Crippen molar-refractivity contribution in [2.45, 2.75) is 25.7 Å². The van der Waals surface area contributed by atoms with E-state index in [1.54, 1.807) is 0 Å². The fourth-order valence-corrected chi connectivity index (χ4v) is 3.29. The van der Waals surface area contributed by atoms with Gasteiger partial charge in [-0.1, -0.05) is 18.2 Å². The molecule has 2 aromatic heterocycles. The smallest absolute Gasteiger partial charge is 0.244 e. The van der Waals surface area contributed by atoms with Crippen molar-refractivity contribution in [3.8, 4) is 0 Å². The summed E-state index contributed by atoms with van der Waals surface area (Å²) in [5.74, 6) is -0.108. The average molecular weight is 321 g/mol. The number of H-pyrrole nitrogens is 1. The highest BCUT2D eigenvalue weighted by Gasteiger charge is 2.19. The third-order valence-electron chi connectivity index (χ3n) is 4.54. The monoisotopic (exact) mass is 321 g/mol. The Morgan fingerprint density at radius 1 is 1.38 bits per heavy atom. The van der Waals surface area contributed by atoms with Gasteiger partial charge >= 0.3 is 0 Å². The number of nitrogens with one attached hydrogen (secondary N) is 2. The predicted octanol–water partition coefficient (Wildman–Crippen LogP) is 2.30. The van der Waals surface area contributed by atoms with E-state index in [1.807, 2.05) is 48.4 Å². The lowest BCUT2D eigenvalue weighted by Crippen LogP contribution is -2.23. The number of amides is 1. The van der Waals surface area contributed by atoms with Crippen LogP contribution >= 0.6 is 0 Å². The molecule has 0 saturated carbocycles. The molecular weight excluding hydrogens is 302 g/mol. The summed E-state index contributed by atoms with van der Waals surface area (Å²) in [5, 5.41) is 9.72. The summed E-state index contributed by atoms with van der Waals surface area (Å²) >= 11 is 0. The molecule has 3 aromatic rings. The lowest BCUT2D eigenvalue weighted by atomic mass is 9.96. The van der Waals surface area contributed by atoms with Crippen LogP contribution in [0.2, 0.25) is 0 Å². The molecule has 1 aromatic carbocycles. The van der Waals surface area contributed by atoms with Gasteiger partial charge in [0.25, 0.3) is 0 Å². The number of hydrazone groups is 1. The second kappa shape index (κ2) is 5.96. The summed E-state index contributed by atoms with van der Waals surface area (Å²) in [6, 6.07) is 7.97. The van der Waals surface area contributed by atoms with E-state index in [0.29, 0.717) is 6.42 Å². The molecule has 6 nitrogen and oxygen atoms in total. The molecule has 1 amide bonds. The van der Waals surface area contributed by atoms with Crippen LogP contribution in [0.15, 0.2) is 41.8 Å². The van der Waals surface area contributed by atoms with Gasteiger partial charge in [-0.15, -0.1) is 0 Å². The van der Waals surface area contributed by atoms with E-state index in [0.717, 1.165) is 47.0 Å². The third kappa shape index (κ3) is 2.60. The van der Waals surface area contributed by atoms with Crippen LogP contribution in [-0.4, -0.2) is 26.4 Å². The summed E-state index contributed by atoms with van der Waals surface area (Å²) in [7, 11) is 1.94. The van der Waals surface area contributed by atoms with Gasteiger partial charge in [0.2, 0.25) is 5.91 Å². The number of carbonyl (C=O) groups excluding carboxylic acids is 1. The van der Waals surface area contributed by atoms with E-state index >= 15 is 0 Å². The summed E-state index contributed by atoms with van der Waals surface area (Å²) in [4.78, 5) is 15.4. The minimum absolute atomic E-state index is 0.108. The molecule has 4 rings (SSSR count). The third-order valence-corrected chi connectivity index (χ3v) is 4.54. The van der Waals surface area contributed by atoms with Crippen LogP contribution in [0, 0.1) is 0 Å². The van der Waals surface area contributed by atoms with Gasteiger partial charge in [-0.25, -0.2) is 5.43 Å². The molecule has 0 bridgehead atoms. The first-order chi connectivity index (χ1) is 11.7. The zero-order valence-corrected chi connectivity index (χ0v) is 13.5. The van der Waals surface area contributed by atoms with Crippen molar-refractivity contribution in [2.75, 3.05) is 0 Å². The van der Waals surface area contributed by atoms with Crippen molar-refractivity contribution in [3.63, 3.8) is 0 Å². The van der Waals surface area contributed by atoms with Crippen LogP contribution in [0.25, 0.3) is 10.9 Å². The van der Waals surface area contributed by atoms with Crippen LogP contribution in [-0.2, 0) is 24.7 Å². The summed E-state index contributed by atoms with van der Waals surface area (Å²) in [6.45, 7) is 0.